The molecule has 1 atom stereocenters. The van der Waals surface area contributed by atoms with Crippen molar-refractivity contribution in [1.82, 2.24) is 0 Å². The van der Waals surface area contributed by atoms with Crippen molar-refractivity contribution in [3.05, 3.63) is 35.4 Å². The smallest absolute Gasteiger partial charge is 0.159 e. The molecule has 1 unspecified atom stereocenters. The summed E-state index contributed by atoms with van der Waals surface area (Å²) in [5.74, 6) is -0.571. The molecule has 72 valence electrons. The third-order valence-electron chi connectivity index (χ3n) is 1.83. The van der Waals surface area contributed by atoms with E-state index in [-0.39, 0.29) is 5.25 Å². The molecule has 0 saturated heterocycles. The lowest BCUT2D eigenvalue weighted by atomic mass is 10.1. The van der Waals surface area contributed by atoms with Crippen molar-refractivity contribution in [3.8, 4) is 0 Å². The Morgan fingerprint density at radius 2 is 2.00 bits per heavy atom. The van der Waals surface area contributed by atoms with Crippen LogP contribution in [0.3, 0.4) is 0 Å². The monoisotopic (exact) mass is 202 g/mol. The number of thioether (sulfide) groups is 1. The molecule has 0 aliphatic heterocycles. The summed E-state index contributed by atoms with van der Waals surface area (Å²) in [5.41, 5.74) is 0.839. The SMILES string of the molecule is CCSC(C)c1ccc(F)c(F)c1. The minimum absolute atomic E-state index is 0.222. The zero-order valence-electron chi connectivity index (χ0n) is 7.68. The summed E-state index contributed by atoms with van der Waals surface area (Å²) in [6.07, 6.45) is 0. The van der Waals surface area contributed by atoms with Gasteiger partial charge in [-0.05, 0) is 30.4 Å². The Morgan fingerprint density at radius 1 is 1.31 bits per heavy atom. The second-order valence-electron chi connectivity index (χ2n) is 2.77. The molecule has 0 nitrogen and oxygen atoms in total. The second kappa shape index (κ2) is 4.61. The molecular weight excluding hydrogens is 190 g/mol. The van der Waals surface area contributed by atoms with Crippen LogP contribution in [0, 0.1) is 11.6 Å². The van der Waals surface area contributed by atoms with E-state index in [0.29, 0.717) is 0 Å². The van der Waals surface area contributed by atoms with Gasteiger partial charge in [0.05, 0.1) is 0 Å². The van der Waals surface area contributed by atoms with E-state index in [4.69, 9.17) is 0 Å². The first-order valence-corrected chi connectivity index (χ1v) is 5.26. The van der Waals surface area contributed by atoms with Gasteiger partial charge in [0.2, 0.25) is 0 Å². The molecule has 1 rings (SSSR count). The maximum absolute atomic E-state index is 12.8. The van der Waals surface area contributed by atoms with Crippen LogP contribution in [0.2, 0.25) is 0 Å². The first kappa shape index (κ1) is 10.5. The van der Waals surface area contributed by atoms with Crippen molar-refractivity contribution < 1.29 is 8.78 Å². The Balaban J connectivity index is 2.84. The van der Waals surface area contributed by atoms with Gasteiger partial charge in [0.15, 0.2) is 11.6 Å². The lowest BCUT2D eigenvalue weighted by Crippen LogP contribution is -1.92. The van der Waals surface area contributed by atoms with Gasteiger partial charge >= 0.3 is 0 Å². The Morgan fingerprint density at radius 3 is 2.54 bits per heavy atom. The minimum Gasteiger partial charge on any atom is -0.204 e. The number of rotatable bonds is 3. The number of hydrogen-bond acceptors (Lipinski definition) is 1. The molecule has 0 aliphatic carbocycles. The van der Waals surface area contributed by atoms with Crippen LogP contribution in [0.5, 0.6) is 0 Å². The highest BCUT2D eigenvalue weighted by atomic mass is 32.2. The average Bonchev–Trinajstić information content (AvgIpc) is 2.10. The van der Waals surface area contributed by atoms with Gasteiger partial charge in [0.25, 0.3) is 0 Å². The van der Waals surface area contributed by atoms with E-state index >= 15 is 0 Å². The lowest BCUT2D eigenvalue weighted by Gasteiger charge is -2.09. The van der Waals surface area contributed by atoms with E-state index in [1.165, 1.54) is 12.1 Å². The first-order valence-electron chi connectivity index (χ1n) is 4.21. The Labute approximate surface area is 81.3 Å². The molecule has 13 heavy (non-hydrogen) atoms. The predicted molar refractivity (Wildman–Crippen MR) is 52.9 cm³/mol. The van der Waals surface area contributed by atoms with Gasteiger partial charge in [-0.15, -0.1) is 0 Å². The molecule has 0 fully saturated rings. The molecule has 0 saturated carbocycles. The van der Waals surface area contributed by atoms with Gasteiger partial charge in [-0.25, -0.2) is 8.78 Å². The summed E-state index contributed by atoms with van der Waals surface area (Å²) in [4.78, 5) is 0. The Kier molecular flexibility index (Phi) is 3.72. The van der Waals surface area contributed by atoms with Crippen molar-refractivity contribution in [2.45, 2.75) is 19.1 Å². The molecule has 0 amide bonds. The summed E-state index contributed by atoms with van der Waals surface area (Å²) < 4.78 is 25.4. The molecule has 0 N–H and O–H groups in total. The van der Waals surface area contributed by atoms with Crippen molar-refractivity contribution >= 4 is 11.8 Å². The molecule has 0 spiro atoms. The topological polar surface area (TPSA) is 0 Å². The van der Waals surface area contributed by atoms with Crippen molar-refractivity contribution in [2.75, 3.05) is 5.75 Å². The highest BCUT2D eigenvalue weighted by molar-refractivity contribution is 7.99. The Bertz CT molecular complexity index is 286. The van der Waals surface area contributed by atoms with Crippen LogP contribution in [0.15, 0.2) is 18.2 Å². The molecule has 0 heterocycles. The normalized spacial score (nSPS) is 12.9. The zero-order valence-corrected chi connectivity index (χ0v) is 8.50. The Hall–Kier alpha value is -0.570. The summed E-state index contributed by atoms with van der Waals surface area (Å²) in [5, 5.41) is 0.222. The van der Waals surface area contributed by atoms with Gasteiger partial charge in [0.1, 0.15) is 0 Å². The fourth-order valence-electron chi connectivity index (χ4n) is 1.11. The van der Waals surface area contributed by atoms with Crippen LogP contribution in [0.25, 0.3) is 0 Å². The maximum Gasteiger partial charge on any atom is 0.159 e. The van der Waals surface area contributed by atoms with Crippen LogP contribution in [0.1, 0.15) is 24.7 Å². The van der Waals surface area contributed by atoms with Crippen LogP contribution in [0.4, 0.5) is 8.78 Å². The molecule has 0 aliphatic rings. The van der Waals surface area contributed by atoms with Gasteiger partial charge in [-0.2, -0.15) is 11.8 Å². The zero-order chi connectivity index (χ0) is 9.84. The van der Waals surface area contributed by atoms with Crippen LogP contribution in [-0.2, 0) is 0 Å². The number of halogens is 2. The van der Waals surface area contributed by atoms with E-state index in [9.17, 15) is 8.78 Å². The number of benzene rings is 1. The van der Waals surface area contributed by atoms with Crippen molar-refractivity contribution in [2.24, 2.45) is 0 Å². The van der Waals surface area contributed by atoms with Crippen molar-refractivity contribution in [3.63, 3.8) is 0 Å². The quantitative estimate of drug-likeness (QED) is 0.718. The summed E-state index contributed by atoms with van der Waals surface area (Å²) in [7, 11) is 0. The lowest BCUT2D eigenvalue weighted by molar-refractivity contribution is 0.507. The van der Waals surface area contributed by atoms with Crippen LogP contribution < -0.4 is 0 Å². The van der Waals surface area contributed by atoms with Gasteiger partial charge in [0, 0.05) is 5.25 Å². The first-order chi connectivity index (χ1) is 6.15. The average molecular weight is 202 g/mol. The molecule has 1 aromatic carbocycles. The molecular formula is C10H12F2S. The van der Waals surface area contributed by atoms with Gasteiger partial charge in [-0.1, -0.05) is 13.0 Å². The van der Waals surface area contributed by atoms with E-state index in [1.54, 1.807) is 17.8 Å². The van der Waals surface area contributed by atoms with E-state index < -0.39 is 11.6 Å². The minimum atomic E-state index is -0.780. The van der Waals surface area contributed by atoms with Gasteiger partial charge < -0.3 is 0 Å². The largest absolute Gasteiger partial charge is 0.204 e. The van der Waals surface area contributed by atoms with Gasteiger partial charge in [-0.3, -0.25) is 0 Å². The van der Waals surface area contributed by atoms with E-state index in [1.807, 2.05) is 13.8 Å². The van der Waals surface area contributed by atoms with Crippen molar-refractivity contribution in [1.29, 1.82) is 0 Å². The fourth-order valence-corrected chi connectivity index (χ4v) is 1.95. The summed E-state index contributed by atoms with van der Waals surface area (Å²) in [6.45, 7) is 4.03. The molecule has 0 bridgehead atoms. The maximum atomic E-state index is 12.8. The van der Waals surface area contributed by atoms with Crippen LogP contribution in [-0.4, -0.2) is 5.75 Å². The second-order valence-corrected chi connectivity index (χ2v) is 4.39. The standard InChI is InChI=1S/C10H12F2S/c1-3-13-7(2)8-4-5-9(11)10(12)6-8/h4-7H,3H2,1-2H3. The van der Waals surface area contributed by atoms with E-state index in [0.717, 1.165) is 11.3 Å². The van der Waals surface area contributed by atoms with Crippen LogP contribution >= 0.6 is 11.8 Å². The third kappa shape index (κ3) is 2.69. The molecule has 3 heteroatoms. The summed E-state index contributed by atoms with van der Waals surface area (Å²) >= 11 is 1.71. The highest BCUT2D eigenvalue weighted by Crippen LogP contribution is 2.28. The number of hydrogen-bond donors (Lipinski definition) is 0. The third-order valence-corrected chi connectivity index (χ3v) is 2.94. The summed E-state index contributed by atoms with van der Waals surface area (Å²) in [6, 6.07) is 4.08. The van der Waals surface area contributed by atoms with E-state index in [2.05, 4.69) is 0 Å². The molecule has 1 aromatic rings. The molecule has 0 aromatic heterocycles. The predicted octanol–water partition coefficient (Wildman–Crippen LogP) is 3.78. The molecule has 0 radical (unpaired) electrons. The fraction of sp³-hybridized carbons (Fsp3) is 0.400. The highest BCUT2D eigenvalue weighted by Gasteiger charge is 2.08.